The van der Waals surface area contributed by atoms with Gasteiger partial charge in [-0.2, -0.15) is 19.9 Å². The van der Waals surface area contributed by atoms with E-state index in [-0.39, 0.29) is 68.9 Å². The summed E-state index contributed by atoms with van der Waals surface area (Å²) < 4.78 is 7.61. The number of aryl methyl sites for hydroxylation is 2. The summed E-state index contributed by atoms with van der Waals surface area (Å²) in [6.07, 6.45) is 38.8. The predicted molar refractivity (Wildman–Crippen MR) is 548 cm³/mol. The standard InChI is InChI=1S/C29H28N6O4.2C26H30N6O4.C25H30N6O3/c1-39-33-28(38)24-17-35(22-12-9-19-4-2-5-20(19)14-22)27-23(26(24)37)15-30-29(32-27)31-21-10-7-18(8-11-21)16-34-13-3-6-25(34)36;1-36-30-24(34)21-16-32(19-7-3-2-4-8-19)23-20(22(21)33)15-27-26(29-23)28-18-11-9-17(10-12-18)25(35)31-13-5-6-14-31;1-36-30-25(35)21-16-32(19-6-3-2-4-7-19)24-20(23(21)34)14-27-26(29-24)28-18-11-9-17(10-12-18)15-31-13-5-8-22(31)33;1-34-29-24(33)21-16-31(19-7-3-2-4-8-19)23-20(22(21)32)15-26-25(28-23)27-17-9-11-18(12-10-17)30-13-5-6-14-30/h7-12,14-15,17H,2-6,13,16H2,1H3,(H,33,38)(H,30,31,32);9-12,15-16,19H,2-8,13-14H2,1H3,(H,30,34)(H,27,28,29);9-12,14,16,19H,2-8,13,15H2,1H3,(H,30,35)(H,27,28,29);9-12,15-16,19H,2-8,13-14H2,1H3,(H,29,33)(H,26,27,28). The van der Waals surface area contributed by atoms with Gasteiger partial charge in [0.15, 0.2) is 5.65 Å². The second-order valence-corrected chi connectivity index (χ2v) is 37.6. The number of pyridine rings is 4. The van der Waals surface area contributed by atoms with Gasteiger partial charge in [0.1, 0.15) is 39.2 Å². The van der Waals surface area contributed by atoms with Gasteiger partial charge in [0, 0.05) is 173 Å². The number of rotatable bonds is 26. The maximum absolute atomic E-state index is 13.2. The molecule has 4 aliphatic carbocycles. The predicted octanol–water partition coefficient (Wildman–Crippen LogP) is 14.4. The van der Waals surface area contributed by atoms with Crippen LogP contribution < -0.4 is 69.8 Å². The summed E-state index contributed by atoms with van der Waals surface area (Å²) >= 11 is 0. The van der Waals surface area contributed by atoms with Crippen molar-refractivity contribution in [1.82, 2.24) is 94.8 Å². The molecule has 0 spiro atoms. The minimum absolute atomic E-state index is 0.00232. The van der Waals surface area contributed by atoms with Crippen molar-refractivity contribution in [2.24, 2.45) is 0 Å². The maximum Gasteiger partial charge on any atom is 0.280 e. The molecule has 12 heterocycles. The first-order valence-corrected chi connectivity index (χ1v) is 49.9. The summed E-state index contributed by atoms with van der Waals surface area (Å²) in [6.45, 7) is 6.62. The molecular formula is C106H118N24O15. The minimum atomic E-state index is -0.641. The van der Waals surface area contributed by atoms with Crippen LogP contribution in [-0.2, 0) is 54.9 Å². The Morgan fingerprint density at radius 3 is 1.03 bits per heavy atom. The van der Waals surface area contributed by atoms with Crippen molar-refractivity contribution in [1.29, 1.82) is 0 Å². The summed E-state index contributed by atoms with van der Waals surface area (Å²) in [6, 6.07) is 37.7. The molecule has 5 aromatic carbocycles. The van der Waals surface area contributed by atoms with E-state index in [2.05, 4.69) is 102 Å². The van der Waals surface area contributed by atoms with E-state index in [4.69, 9.17) is 29.3 Å². The molecule has 39 nitrogen and oxygen atoms in total. The molecule has 8 N–H and O–H groups in total. The number of carbonyl (C=O) groups is 7. The first-order chi connectivity index (χ1) is 70.7. The summed E-state index contributed by atoms with van der Waals surface area (Å²) in [7, 11) is 5.32. The zero-order chi connectivity index (χ0) is 101. The fraction of sp³-hybridized carbons (Fsp3) is 0.387. The number of nitrogens with one attached hydrogen (secondary N) is 8. The SMILES string of the molecule is CONC(=O)c1cn(-c2ccc3c(c2)CCC3)c2nc(Nc3ccc(CN4CCCC4=O)cc3)ncc2c1=O.CONC(=O)c1cn(C2CCCCC2)c2nc(Nc3ccc(C(=O)N4CCCC4)cc3)ncc2c1=O.CONC(=O)c1cn(C2CCCCC2)c2nc(Nc3ccc(CN4CCCC4=O)cc3)ncc2c1=O.CONC(=O)c1cn(C2CCCCC2)c2nc(Nc3ccc(N4CCCC4)cc3)ncc2c1=O. The van der Waals surface area contributed by atoms with Crippen LogP contribution in [0.4, 0.5) is 52.2 Å². The van der Waals surface area contributed by atoms with Gasteiger partial charge in [-0.1, -0.05) is 88.1 Å². The van der Waals surface area contributed by atoms with Crippen LogP contribution in [-0.4, -0.2) is 182 Å². The number of fused-ring (bicyclic) bond motifs is 5. The highest BCUT2D eigenvalue weighted by Crippen LogP contribution is 2.37. The van der Waals surface area contributed by atoms with Gasteiger partial charge in [-0.25, -0.2) is 41.9 Å². The second kappa shape index (κ2) is 46.2. The van der Waals surface area contributed by atoms with E-state index >= 15 is 0 Å². The molecule has 7 amide bonds. The summed E-state index contributed by atoms with van der Waals surface area (Å²) in [5.41, 5.74) is 19.6. The number of benzene rings is 5. The van der Waals surface area contributed by atoms with Crippen LogP contribution in [0.1, 0.15) is 246 Å². The summed E-state index contributed by atoms with van der Waals surface area (Å²) in [4.78, 5) is 202. The van der Waals surface area contributed by atoms with Crippen LogP contribution in [0.2, 0.25) is 0 Å². The smallest absolute Gasteiger partial charge is 0.280 e. The fourth-order valence-corrected chi connectivity index (χ4v) is 20.4. The van der Waals surface area contributed by atoms with Crippen molar-refractivity contribution in [3.05, 3.63) is 256 Å². The highest BCUT2D eigenvalue weighted by molar-refractivity contribution is 6.00. The van der Waals surface area contributed by atoms with Crippen LogP contribution in [0, 0.1) is 0 Å². The van der Waals surface area contributed by atoms with Crippen LogP contribution in [0.5, 0.6) is 0 Å². The first-order valence-electron chi connectivity index (χ1n) is 49.9. The molecule has 8 aromatic heterocycles. The molecule has 752 valence electrons. The van der Waals surface area contributed by atoms with Crippen molar-refractivity contribution in [3.63, 3.8) is 0 Å². The number of hydrogen-bond donors (Lipinski definition) is 8. The average molecular weight is 1970 g/mol. The molecule has 0 atom stereocenters. The van der Waals surface area contributed by atoms with E-state index in [1.807, 2.05) is 107 Å². The van der Waals surface area contributed by atoms with Gasteiger partial charge in [0.25, 0.3) is 29.5 Å². The highest BCUT2D eigenvalue weighted by Gasteiger charge is 2.31. The third-order valence-corrected chi connectivity index (χ3v) is 28.0. The third-order valence-electron chi connectivity index (χ3n) is 28.0. The number of likely N-dealkylation sites (tertiary alicyclic amines) is 3. The normalized spacial score (nSPS) is 16.0. The van der Waals surface area contributed by atoms with Crippen LogP contribution in [0.25, 0.3) is 49.8 Å². The molecule has 145 heavy (non-hydrogen) atoms. The molecular weight excluding hydrogens is 1850 g/mol. The molecule has 7 fully saturated rings. The molecule has 0 bridgehead atoms. The number of amides is 7. The van der Waals surface area contributed by atoms with Gasteiger partial charge in [-0.3, -0.25) is 72.1 Å². The van der Waals surface area contributed by atoms with Crippen LogP contribution >= 0.6 is 0 Å². The lowest BCUT2D eigenvalue weighted by Gasteiger charge is -2.26. The lowest BCUT2D eigenvalue weighted by atomic mass is 9.95. The van der Waals surface area contributed by atoms with E-state index in [0.717, 1.165) is 201 Å². The van der Waals surface area contributed by atoms with Crippen molar-refractivity contribution in [3.8, 4) is 5.69 Å². The first kappa shape index (κ1) is 99.5. The summed E-state index contributed by atoms with van der Waals surface area (Å²) in [5.74, 6) is -0.531. The van der Waals surface area contributed by atoms with E-state index in [1.165, 1.54) is 108 Å². The third kappa shape index (κ3) is 23.2. The number of aromatic nitrogens is 12. The highest BCUT2D eigenvalue weighted by atomic mass is 16.7. The monoisotopic (exact) mass is 1970 g/mol. The number of carbonyl (C=O) groups excluding carboxylic acids is 7. The zero-order valence-corrected chi connectivity index (χ0v) is 81.6. The Morgan fingerprint density at radius 2 is 0.662 bits per heavy atom. The van der Waals surface area contributed by atoms with Crippen LogP contribution in [0.3, 0.4) is 0 Å². The maximum atomic E-state index is 13.2. The van der Waals surface area contributed by atoms with E-state index < -0.39 is 45.3 Å². The van der Waals surface area contributed by atoms with Gasteiger partial charge in [0.05, 0.1) is 50.0 Å². The van der Waals surface area contributed by atoms with E-state index in [1.54, 1.807) is 35.3 Å². The Bertz CT molecular complexity index is 7230. The Labute approximate surface area is 834 Å². The van der Waals surface area contributed by atoms with E-state index in [9.17, 15) is 52.7 Å². The molecule has 0 radical (unpaired) electrons. The Hall–Kier alpha value is -15.6. The molecule has 0 unspecified atom stereocenters. The van der Waals surface area contributed by atoms with Gasteiger partial charge < -0.3 is 59.1 Å². The fourth-order valence-electron chi connectivity index (χ4n) is 20.4. The second-order valence-electron chi connectivity index (χ2n) is 37.6. The Balaban J connectivity index is 0.000000127. The van der Waals surface area contributed by atoms with Crippen molar-refractivity contribution in [2.75, 3.05) is 93.9 Å². The molecule has 13 aromatic rings. The molecule has 21 rings (SSSR count). The van der Waals surface area contributed by atoms with Gasteiger partial charge in [0.2, 0.25) is 57.3 Å². The number of nitrogens with zero attached hydrogens (tertiary/aromatic N) is 16. The Kier molecular flexibility index (Phi) is 31.7. The Morgan fingerprint density at radius 1 is 0.331 bits per heavy atom. The van der Waals surface area contributed by atoms with Crippen molar-refractivity contribution in [2.45, 2.75) is 198 Å². The quantitative estimate of drug-likeness (QED) is 0.0233. The average Bonchev–Trinajstić information content (AvgIpc) is 1.77. The molecule has 4 aliphatic heterocycles. The van der Waals surface area contributed by atoms with Gasteiger partial charge in [-0.05, 0) is 203 Å². The number of hydroxylamine groups is 4. The van der Waals surface area contributed by atoms with E-state index in [0.29, 0.717) is 88.6 Å². The van der Waals surface area contributed by atoms with Gasteiger partial charge in [-0.15, -0.1) is 0 Å². The zero-order valence-electron chi connectivity index (χ0n) is 81.6. The lowest BCUT2D eigenvalue weighted by molar-refractivity contribution is -0.129. The molecule has 39 heteroatoms. The molecule has 8 aliphatic rings. The van der Waals surface area contributed by atoms with Gasteiger partial charge >= 0.3 is 0 Å². The van der Waals surface area contributed by atoms with Crippen molar-refractivity contribution >= 4 is 138 Å². The lowest BCUT2D eigenvalue weighted by Crippen LogP contribution is -2.30. The topological polar surface area (TPSA) is 457 Å². The van der Waals surface area contributed by atoms with Crippen LogP contribution in [0.15, 0.2) is 184 Å². The number of hydrogen-bond acceptors (Lipinski definition) is 28. The molecule has 4 saturated heterocycles. The summed E-state index contributed by atoms with van der Waals surface area (Å²) in [5, 5.41) is 14.0. The van der Waals surface area contributed by atoms with Crippen molar-refractivity contribution < 1.29 is 52.9 Å². The largest absolute Gasteiger partial charge is 0.372 e. The molecule has 3 saturated carbocycles. The number of anilines is 9. The minimum Gasteiger partial charge on any atom is -0.372 e.